The van der Waals surface area contributed by atoms with Gasteiger partial charge in [-0.15, -0.1) is 0 Å². The molecular weight excluding hydrogens is 216 g/mol. The molecule has 0 fully saturated rings. The quantitative estimate of drug-likeness (QED) is 0.603. The molecule has 0 aliphatic rings. The van der Waals surface area contributed by atoms with Gasteiger partial charge in [-0.2, -0.15) is 0 Å². The molecule has 94 valence electrons. The van der Waals surface area contributed by atoms with E-state index in [-0.39, 0.29) is 5.97 Å². The first-order valence-corrected chi connectivity index (χ1v) is 5.71. The molecule has 0 amide bonds. The van der Waals surface area contributed by atoms with Crippen molar-refractivity contribution in [1.29, 1.82) is 0 Å². The number of carbonyl (C=O) groups excluding carboxylic acids is 1. The summed E-state index contributed by atoms with van der Waals surface area (Å²) in [5, 5.41) is 0. The number of ether oxygens (including phenoxy) is 1. The van der Waals surface area contributed by atoms with Crippen LogP contribution in [0.1, 0.15) is 18.4 Å². The van der Waals surface area contributed by atoms with Crippen LogP contribution in [0.5, 0.6) is 0 Å². The van der Waals surface area contributed by atoms with Gasteiger partial charge in [0.2, 0.25) is 0 Å². The van der Waals surface area contributed by atoms with Crippen LogP contribution in [0, 0.1) is 0 Å². The summed E-state index contributed by atoms with van der Waals surface area (Å²) in [6.07, 6.45) is 1.28. The van der Waals surface area contributed by atoms with Gasteiger partial charge >= 0.3 is 5.97 Å². The van der Waals surface area contributed by atoms with Gasteiger partial charge in [0.1, 0.15) is 0 Å². The molecule has 0 heterocycles. The highest BCUT2D eigenvalue weighted by Gasteiger charge is 2.03. The summed E-state index contributed by atoms with van der Waals surface area (Å²) in [7, 11) is 3.44. The molecule has 1 aromatic rings. The number of nitrogen functional groups attached to an aromatic ring is 1. The van der Waals surface area contributed by atoms with Crippen LogP contribution >= 0.6 is 0 Å². The zero-order valence-electron chi connectivity index (χ0n) is 10.5. The van der Waals surface area contributed by atoms with Crippen molar-refractivity contribution in [3.63, 3.8) is 0 Å². The van der Waals surface area contributed by atoms with Crippen molar-refractivity contribution in [2.24, 2.45) is 0 Å². The van der Waals surface area contributed by atoms with Crippen LogP contribution in [0.15, 0.2) is 24.3 Å². The lowest BCUT2D eigenvalue weighted by Crippen LogP contribution is -2.20. The highest BCUT2D eigenvalue weighted by molar-refractivity contribution is 5.69. The first-order valence-electron chi connectivity index (χ1n) is 5.71. The lowest BCUT2D eigenvalue weighted by atomic mass is 10.2. The summed E-state index contributed by atoms with van der Waals surface area (Å²) in [6.45, 7) is 1.70. The molecule has 0 aromatic heterocycles. The number of nitrogens with two attached hydrogens (primary N) is 1. The lowest BCUT2D eigenvalue weighted by molar-refractivity contribution is -0.140. The molecular formula is C13H20N2O2. The van der Waals surface area contributed by atoms with Gasteiger partial charge in [0.05, 0.1) is 7.11 Å². The van der Waals surface area contributed by atoms with Gasteiger partial charge in [-0.3, -0.25) is 4.79 Å². The summed E-state index contributed by atoms with van der Waals surface area (Å²) in [5.74, 6) is -0.151. The molecule has 4 nitrogen and oxygen atoms in total. The highest BCUT2D eigenvalue weighted by Crippen LogP contribution is 2.09. The zero-order valence-corrected chi connectivity index (χ0v) is 10.5. The minimum atomic E-state index is -0.151. The van der Waals surface area contributed by atoms with E-state index in [1.54, 1.807) is 0 Å². The number of rotatable bonds is 6. The minimum absolute atomic E-state index is 0.151. The summed E-state index contributed by atoms with van der Waals surface area (Å²) in [5.41, 5.74) is 7.68. The third-order valence-corrected chi connectivity index (χ3v) is 2.55. The minimum Gasteiger partial charge on any atom is -0.469 e. The molecule has 0 aliphatic carbocycles. The van der Waals surface area contributed by atoms with Crippen molar-refractivity contribution in [2.75, 3.05) is 26.4 Å². The van der Waals surface area contributed by atoms with Crippen LogP contribution in [0.25, 0.3) is 0 Å². The van der Waals surface area contributed by atoms with Gasteiger partial charge in [-0.1, -0.05) is 12.1 Å². The van der Waals surface area contributed by atoms with Crippen molar-refractivity contribution >= 4 is 11.7 Å². The third kappa shape index (κ3) is 5.36. The van der Waals surface area contributed by atoms with E-state index in [0.29, 0.717) is 6.42 Å². The largest absolute Gasteiger partial charge is 0.469 e. The maximum absolute atomic E-state index is 10.9. The second-order valence-electron chi connectivity index (χ2n) is 4.16. The molecule has 0 aliphatic heterocycles. The van der Waals surface area contributed by atoms with Gasteiger partial charge in [0.15, 0.2) is 0 Å². The number of carbonyl (C=O) groups is 1. The summed E-state index contributed by atoms with van der Waals surface area (Å²) < 4.78 is 4.59. The van der Waals surface area contributed by atoms with Gasteiger partial charge in [0, 0.05) is 18.7 Å². The van der Waals surface area contributed by atoms with Crippen molar-refractivity contribution in [3.05, 3.63) is 29.8 Å². The Morgan fingerprint density at radius 1 is 1.47 bits per heavy atom. The topological polar surface area (TPSA) is 55.6 Å². The van der Waals surface area contributed by atoms with Crippen LogP contribution in [-0.4, -0.2) is 31.6 Å². The molecule has 0 saturated carbocycles. The molecule has 2 N–H and O–H groups in total. The predicted octanol–water partition coefficient (Wildman–Crippen LogP) is 1.65. The van der Waals surface area contributed by atoms with Crippen LogP contribution in [0.2, 0.25) is 0 Å². The summed E-state index contributed by atoms with van der Waals surface area (Å²) >= 11 is 0. The van der Waals surface area contributed by atoms with Crippen molar-refractivity contribution in [2.45, 2.75) is 19.4 Å². The molecule has 0 atom stereocenters. The summed E-state index contributed by atoms with van der Waals surface area (Å²) in [6, 6.07) is 7.84. The standard InChI is InChI=1S/C13H20N2O2/c1-15(8-4-7-13(16)17-2)10-11-5-3-6-12(14)9-11/h3,5-6,9H,4,7-8,10,14H2,1-2H3. The number of benzene rings is 1. The molecule has 1 rings (SSSR count). The van der Waals surface area contributed by atoms with E-state index in [1.165, 1.54) is 12.7 Å². The lowest BCUT2D eigenvalue weighted by Gasteiger charge is -2.16. The highest BCUT2D eigenvalue weighted by atomic mass is 16.5. The average molecular weight is 236 g/mol. The molecule has 0 unspecified atom stereocenters. The Hall–Kier alpha value is -1.55. The monoisotopic (exact) mass is 236 g/mol. The smallest absolute Gasteiger partial charge is 0.305 e. The zero-order chi connectivity index (χ0) is 12.7. The van der Waals surface area contributed by atoms with Crippen LogP contribution in [0.3, 0.4) is 0 Å². The van der Waals surface area contributed by atoms with E-state index < -0.39 is 0 Å². The maximum Gasteiger partial charge on any atom is 0.305 e. The molecule has 0 radical (unpaired) electrons. The first kappa shape index (κ1) is 13.5. The van der Waals surface area contributed by atoms with Crippen LogP contribution in [-0.2, 0) is 16.1 Å². The number of nitrogens with zero attached hydrogens (tertiary/aromatic N) is 1. The van der Waals surface area contributed by atoms with Gasteiger partial charge in [0.25, 0.3) is 0 Å². The Morgan fingerprint density at radius 3 is 2.88 bits per heavy atom. The molecule has 1 aromatic carbocycles. The molecule has 0 saturated heterocycles. The Bertz CT molecular complexity index is 366. The van der Waals surface area contributed by atoms with Crippen LogP contribution < -0.4 is 5.73 Å². The van der Waals surface area contributed by atoms with Gasteiger partial charge in [-0.05, 0) is 37.7 Å². The predicted molar refractivity (Wildman–Crippen MR) is 68.4 cm³/mol. The van der Waals surface area contributed by atoms with Crippen molar-refractivity contribution in [1.82, 2.24) is 4.90 Å². The Morgan fingerprint density at radius 2 is 2.24 bits per heavy atom. The van der Waals surface area contributed by atoms with E-state index in [0.717, 1.165) is 25.2 Å². The molecule has 0 spiro atoms. The number of methoxy groups -OCH3 is 1. The third-order valence-electron chi connectivity index (χ3n) is 2.55. The Balaban J connectivity index is 2.29. The Labute approximate surface area is 102 Å². The molecule has 17 heavy (non-hydrogen) atoms. The SMILES string of the molecule is COC(=O)CCCN(C)Cc1cccc(N)c1. The molecule has 0 bridgehead atoms. The fourth-order valence-electron chi connectivity index (χ4n) is 1.68. The van der Waals surface area contributed by atoms with E-state index in [4.69, 9.17) is 5.73 Å². The van der Waals surface area contributed by atoms with Gasteiger partial charge < -0.3 is 15.4 Å². The normalized spacial score (nSPS) is 10.5. The van der Waals surface area contributed by atoms with Crippen molar-refractivity contribution < 1.29 is 9.53 Å². The number of anilines is 1. The average Bonchev–Trinajstić information content (AvgIpc) is 2.28. The number of esters is 1. The second kappa shape index (κ2) is 6.91. The van der Waals surface area contributed by atoms with Crippen LogP contribution in [0.4, 0.5) is 5.69 Å². The first-order chi connectivity index (χ1) is 8.11. The Kier molecular flexibility index (Phi) is 5.49. The van der Waals surface area contributed by atoms with E-state index in [1.807, 2.05) is 31.3 Å². The van der Waals surface area contributed by atoms with E-state index >= 15 is 0 Å². The van der Waals surface area contributed by atoms with Gasteiger partial charge in [-0.25, -0.2) is 0 Å². The maximum atomic E-state index is 10.9. The fraction of sp³-hybridized carbons (Fsp3) is 0.462. The molecule has 4 heteroatoms. The second-order valence-corrected chi connectivity index (χ2v) is 4.16. The number of hydrogen-bond donors (Lipinski definition) is 1. The van der Waals surface area contributed by atoms with E-state index in [9.17, 15) is 4.79 Å². The summed E-state index contributed by atoms with van der Waals surface area (Å²) in [4.78, 5) is 13.1. The fourth-order valence-corrected chi connectivity index (χ4v) is 1.68. The van der Waals surface area contributed by atoms with Crippen molar-refractivity contribution in [3.8, 4) is 0 Å². The van der Waals surface area contributed by atoms with E-state index in [2.05, 4.69) is 9.64 Å². The number of hydrogen-bond acceptors (Lipinski definition) is 4.